The Morgan fingerprint density at radius 3 is 2.47 bits per heavy atom. The molecule has 0 saturated carbocycles. The summed E-state index contributed by atoms with van der Waals surface area (Å²) in [7, 11) is 0. The molecule has 2 N–H and O–H groups in total. The van der Waals surface area contributed by atoms with Crippen LogP contribution < -0.4 is 5.32 Å². The first kappa shape index (κ1) is 11.5. The van der Waals surface area contributed by atoms with Crippen LogP contribution >= 0.6 is 0 Å². The number of anilines is 1. The first-order valence-corrected chi connectivity index (χ1v) is 5.60. The molecule has 0 aliphatic heterocycles. The molecule has 0 amide bonds. The number of pyridine rings is 1. The average Bonchev–Trinajstić information content (AvgIpc) is 2.27. The van der Waals surface area contributed by atoms with E-state index in [9.17, 15) is 5.11 Å². The number of phenols is 1. The summed E-state index contributed by atoms with van der Waals surface area (Å²) in [6, 6.07) is 11.2. The summed E-state index contributed by atoms with van der Waals surface area (Å²) < 4.78 is 0. The molecule has 0 aliphatic rings. The first-order valence-electron chi connectivity index (χ1n) is 5.60. The Hall–Kier alpha value is -2.03. The second-order valence-corrected chi connectivity index (χ2v) is 4.19. The molecular formula is C14H16N2O. The summed E-state index contributed by atoms with van der Waals surface area (Å²) in [5.74, 6) is 1.17. The van der Waals surface area contributed by atoms with Crippen molar-refractivity contribution in [3.05, 3.63) is 53.2 Å². The molecule has 0 bridgehead atoms. The maximum absolute atomic E-state index is 9.18. The highest BCUT2D eigenvalue weighted by Crippen LogP contribution is 2.13. The fourth-order valence-electron chi connectivity index (χ4n) is 1.74. The van der Waals surface area contributed by atoms with E-state index in [4.69, 9.17) is 0 Å². The Morgan fingerprint density at radius 1 is 1.12 bits per heavy atom. The van der Waals surface area contributed by atoms with Crippen LogP contribution in [0.3, 0.4) is 0 Å². The maximum atomic E-state index is 9.18. The number of phenolic OH excluding ortho intramolecular Hbond substituents is 1. The fourth-order valence-corrected chi connectivity index (χ4v) is 1.74. The SMILES string of the molecule is Cc1cc(C)nc(NCc2ccc(O)cc2)c1. The topological polar surface area (TPSA) is 45.2 Å². The van der Waals surface area contributed by atoms with Crippen molar-refractivity contribution in [2.45, 2.75) is 20.4 Å². The summed E-state index contributed by atoms with van der Waals surface area (Å²) in [6.07, 6.45) is 0. The summed E-state index contributed by atoms with van der Waals surface area (Å²) >= 11 is 0. The van der Waals surface area contributed by atoms with E-state index in [1.807, 2.05) is 31.2 Å². The molecule has 1 aromatic heterocycles. The summed E-state index contributed by atoms with van der Waals surface area (Å²) in [5, 5.41) is 12.5. The van der Waals surface area contributed by atoms with Crippen molar-refractivity contribution in [2.24, 2.45) is 0 Å². The van der Waals surface area contributed by atoms with Gasteiger partial charge in [-0.2, -0.15) is 0 Å². The Labute approximate surface area is 101 Å². The zero-order valence-corrected chi connectivity index (χ0v) is 10.1. The van der Waals surface area contributed by atoms with Gasteiger partial charge in [0.25, 0.3) is 0 Å². The minimum Gasteiger partial charge on any atom is -0.508 e. The van der Waals surface area contributed by atoms with Gasteiger partial charge >= 0.3 is 0 Å². The highest BCUT2D eigenvalue weighted by molar-refractivity contribution is 5.40. The molecule has 2 aromatic rings. The lowest BCUT2D eigenvalue weighted by atomic mass is 10.2. The largest absolute Gasteiger partial charge is 0.508 e. The number of nitrogens with one attached hydrogen (secondary N) is 1. The van der Waals surface area contributed by atoms with Crippen LogP contribution in [0.4, 0.5) is 5.82 Å². The molecule has 0 radical (unpaired) electrons. The van der Waals surface area contributed by atoms with Crippen LogP contribution in [0.2, 0.25) is 0 Å². The molecule has 0 fully saturated rings. The van der Waals surface area contributed by atoms with Crippen LogP contribution in [0.25, 0.3) is 0 Å². The van der Waals surface area contributed by atoms with Gasteiger partial charge < -0.3 is 10.4 Å². The van der Waals surface area contributed by atoms with Crippen LogP contribution in [0.15, 0.2) is 36.4 Å². The second-order valence-electron chi connectivity index (χ2n) is 4.19. The van der Waals surface area contributed by atoms with Crippen molar-refractivity contribution in [1.82, 2.24) is 4.98 Å². The number of hydrogen-bond donors (Lipinski definition) is 2. The Balaban J connectivity index is 2.04. The van der Waals surface area contributed by atoms with Crippen LogP contribution in [0.5, 0.6) is 5.75 Å². The van der Waals surface area contributed by atoms with Gasteiger partial charge in [0, 0.05) is 12.2 Å². The molecule has 0 unspecified atom stereocenters. The molecule has 2 rings (SSSR count). The molecule has 88 valence electrons. The molecule has 0 saturated heterocycles. The van der Waals surface area contributed by atoms with Crippen LogP contribution in [-0.4, -0.2) is 10.1 Å². The summed E-state index contributed by atoms with van der Waals surface area (Å²) in [5.41, 5.74) is 3.33. The van der Waals surface area contributed by atoms with Gasteiger partial charge in [0.1, 0.15) is 11.6 Å². The molecule has 1 aromatic carbocycles. The number of aromatic nitrogens is 1. The average molecular weight is 228 g/mol. The van der Waals surface area contributed by atoms with Crippen molar-refractivity contribution >= 4 is 5.82 Å². The minimum absolute atomic E-state index is 0.290. The van der Waals surface area contributed by atoms with Gasteiger partial charge in [0.2, 0.25) is 0 Å². The van der Waals surface area contributed by atoms with Gasteiger partial charge in [0.05, 0.1) is 0 Å². The van der Waals surface area contributed by atoms with Crippen LogP contribution in [-0.2, 0) is 6.54 Å². The Bertz CT molecular complexity index is 486. The third-order valence-corrected chi connectivity index (χ3v) is 2.51. The molecule has 1 heterocycles. The zero-order chi connectivity index (χ0) is 12.3. The smallest absolute Gasteiger partial charge is 0.126 e. The van der Waals surface area contributed by atoms with E-state index in [2.05, 4.69) is 17.2 Å². The molecule has 0 spiro atoms. The van der Waals surface area contributed by atoms with Gasteiger partial charge in [-0.3, -0.25) is 0 Å². The van der Waals surface area contributed by atoms with Crippen molar-refractivity contribution < 1.29 is 5.11 Å². The summed E-state index contributed by atoms with van der Waals surface area (Å²) in [4.78, 5) is 4.41. The van der Waals surface area contributed by atoms with Gasteiger partial charge in [-0.25, -0.2) is 4.98 Å². The third-order valence-electron chi connectivity index (χ3n) is 2.51. The predicted molar refractivity (Wildman–Crippen MR) is 69.1 cm³/mol. The maximum Gasteiger partial charge on any atom is 0.126 e. The number of aryl methyl sites for hydroxylation is 2. The molecule has 17 heavy (non-hydrogen) atoms. The molecule has 0 atom stereocenters. The van der Waals surface area contributed by atoms with E-state index >= 15 is 0 Å². The molecule has 3 nitrogen and oxygen atoms in total. The van der Waals surface area contributed by atoms with Gasteiger partial charge in [-0.15, -0.1) is 0 Å². The molecule has 0 aliphatic carbocycles. The number of hydrogen-bond acceptors (Lipinski definition) is 3. The van der Waals surface area contributed by atoms with E-state index in [1.54, 1.807) is 12.1 Å². The van der Waals surface area contributed by atoms with Gasteiger partial charge in [-0.05, 0) is 49.2 Å². The first-order chi connectivity index (χ1) is 8.13. The van der Waals surface area contributed by atoms with E-state index in [1.165, 1.54) is 5.56 Å². The van der Waals surface area contributed by atoms with Gasteiger partial charge in [0.15, 0.2) is 0 Å². The lowest BCUT2D eigenvalue weighted by Gasteiger charge is -2.07. The van der Waals surface area contributed by atoms with Crippen molar-refractivity contribution in [2.75, 3.05) is 5.32 Å². The minimum atomic E-state index is 0.290. The highest BCUT2D eigenvalue weighted by atomic mass is 16.3. The lowest BCUT2D eigenvalue weighted by molar-refractivity contribution is 0.475. The second kappa shape index (κ2) is 4.87. The van der Waals surface area contributed by atoms with Crippen molar-refractivity contribution in [3.63, 3.8) is 0 Å². The molecule has 3 heteroatoms. The van der Waals surface area contributed by atoms with Crippen molar-refractivity contribution in [1.29, 1.82) is 0 Å². The number of rotatable bonds is 3. The normalized spacial score (nSPS) is 10.2. The monoisotopic (exact) mass is 228 g/mol. The predicted octanol–water partition coefficient (Wildman–Crippen LogP) is 3.02. The van der Waals surface area contributed by atoms with Crippen LogP contribution in [0, 0.1) is 13.8 Å². The van der Waals surface area contributed by atoms with E-state index in [-0.39, 0.29) is 0 Å². The number of aromatic hydroxyl groups is 1. The molecular weight excluding hydrogens is 212 g/mol. The van der Waals surface area contributed by atoms with E-state index < -0.39 is 0 Å². The Morgan fingerprint density at radius 2 is 1.82 bits per heavy atom. The highest BCUT2D eigenvalue weighted by Gasteiger charge is 1.98. The van der Waals surface area contributed by atoms with Gasteiger partial charge in [-0.1, -0.05) is 12.1 Å². The standard InChI is InChI=1S/C14H16N2O/c1-10-7-11(2)16-14(8-10)15-9-12-3-5-13(17)6-4-12/h3-8,17H,9H2,1-2H3,(H,15,16). The number of nitrogens with zero attached hydrogens (tertiary/aromatic N) is 1. The lowest BCUT2D eigenvalue weighted by Crippen LogP contribution is -2.02. The third kappa shape index (κ3) is 3.21. The van der Waals surface area contributed by atoms with Crippen LogP contribution in [0.1, 0.15) is 16.8 Å². The Kier molecular flexibility index (Phi) is 3.28. The quantitative estimate of drug-likeness (QED) is 0.848. The fraction of sp³-hybridized carbons (Fsp3) is 0.214. The summed E-state index contributed by atoms with van der Waals surface area (Å²) in [6.45, 7) is 4.75. The van der Waals surface area contributed by atoms with E-state index in [0.29, 0.717) is 12.3 Å². The van der Waals surface area contributed by atoms with E-state index in [0.717, 1.165) is 17.1 Å². The number of benzene rings is 1. The zero-order valence-electron chi connectivity index (χ0n) is 10.1. The van der Waals surface area contributed by atoms with Crippen molar-refractivity contribution in [3.8, 4) is 5.75 Å².